The fourth-order valence-corrected chi connectivity index (χ4v) is 4.81. The lowest BCUT2D eigenvalue weighted by Crippen LogP contribution is -2.43. The van der Waals surface area contributed by atoms with Gasteiger partial charge in [-0.2, -0.15) is 13.2 Å². The maximum absolute atomic E-state index is 14.1. The molecule has 53 heavy (non-hydrogen) atoms. The molecule has 0 saturated carbocycles. The lowest BCUT2D eigenvalue weighted by atomic mass is 10.1. The van der Waals surface area contributed by atoms with Crippen LogP contribution in [0.3, 0.4) is 0 Å². The topological polar surface area (TPSA) is 157 Å². The van der Waals surface area contributed by atoms with Crippen LogP contribution >= 0.6 is 0 Å². The molecule has 0 aliphatic heterocycles. The van der Waals surface area contributed by atoms with Crippen molar-refractivity contribution in [2.45, 2.75) is 38.3 Å². The van der Waals surface area contributed by atoms with E-state index in [9.17, 15) is 37.1 Å². The fourth-order valence-electron chi connectivity index (χ4n) is 4.81. The van der Waals surface area contributed by atoms with E-state index in [1.54, 1.807) is 60.7 Å². The third-order valence-corrected chi connectivity index (χ3v) is 7.46. The molecule has 1 aromatic heterocycles. The van der Waals surface area contributed by atoms with E-state index in [0.717, 1.165) is 30.9 Å². The number of carbonyl (C=O) groups is 4. The van der Waals surface area contributed by atoms with Crippen LogP contribution in [0.2, 0.25) is 0 Å². The molecule has 0 unspecified atom stereocenters. The summed E-state index contributed by atoms with van der Waals surface area (Å²) in [5.41, 5.74) is -0.315. The number of fused-ring (bicyclic) bond motifs is 1. The number of hydrogen-bond acceptors (Lipinski definition) is 11. The summed E-state index contributed by atoms with van der Waals surface area (Å²) < 4.78 is 73.2. The summed E-state index contributed by atoms with van der Waals surface area (Å²) in [6, 6.07) is 23.9. The maximum atomic E-state index is 14.1. The van der Waals surface area contributed by atoms with Crippen LogP contribution in [0.25, 0.3) is 11.0 Å². The Bertz CT molecular complexity index is 2140. The number of esters is 3. The fraction of sp³-hybridized carbons (Fsp3) is 0.184. The molecule has 4 aromatic carbocycles. The van der Waals surface area contributed by atoms with Crippen molar-refractivity contribution in [1.29, 1.82) is 0 Å². The molecule has 5 rings (SSSR count). The smallest absolute Gasteiger partial charge is 0.453 e. The molecule has 0 spiro atoms. The largest absolute Gasteiger partial charge is 0.465 e. The SMILES string of the molecule is COC(=O)c1ccc(Oc2c(C(F)(F)F)oc3cc(OC(=O)[C@H](CCC(=O)OCc4ccccc4)NC(=O)OCc4ccccc4)ccc3c2=O)cc1. The van der Waals surface area contributed by atoms with Gasteiger partial charge in [0.05, 0.1) is 18.1 Å². The van der Waals surface area contributed by atoms with Gasteiger partial charge < -0.3 is 33.4 Å². The zero-order chi connectivity index (χ0) is 38.0. The summed E-state index contributed by atoms with van der Waals surface area (Å²) in [5.74, 6) is -5.97. The molecule has 12 nitrogen and oxygen atoms in total. The minimum Gasteiger partial charge on any atom is -0.465 e. The molecule has 5 aromatic rings. The van der Waals surface area contributed by atoms with Crippen molar-refractivity contribution in [3.05, 3.63) is 136 Å². The van der Waals surface area contributed by atoms with Crippen molar-refractivity contribution in [2.75, 3.05) is 7.11 Å². The molecule has 0 fully saturated rings. The average Bonchev–Trinajstić information content (AvgIpc) is 3.16. The number of amides is 1. The van der Waals surface area contributed by atoms with Crippen molar-refractivity contribution in [1.82, 2.24) is 5.32 Å². The first-order chi connectivity index (χ1) is 25.4. The average molecular weight is 734 g/mol. The van der Waals surface area contributed by atoms with Crippen LogP contribution in [0.15, 0.2) is 112 Å². The predicted molar refractivity (Wildman–Crippen MR) is 180 cm³/mol. The monoisotopic (exact) mass is 733 g/mol. The molecule has 0 saturated heterocycles. The number of carbonyl (C=O) groups excluding carboxylic acids is 4. The van der Waals surface area contributed by atoms with Crippen molar-refractivity contribution >= 4 is 35.0 Å². The third-order valence-electron chi connectivity index (χ3n) is 7.46. The molecule has 0 radical (unpaired) electrons. The highest BCUT2D eigenvalue weighted by Gasteiger charge is 2.40. The zero-order valence-electron chi connectivity index (χ0n) is 27.8. The van der Waals surface area contributed by atoms with Crippen molar-refractivity contribution < 1.29 is 60.5 Å². The number of alkyl carbamates (subject to hydrolysis) is 1. The Labute approximate surface area is 299 Å². The summed E-state index contributed by atoms with van der Waals surface area (Å²) in [6.45, 7) is -0.165. The zero-order valence-corrected chi connectivity index (χ0v) is 27.8. The standard InChI is InChI=1S/C38H30F3NO11/c1-48-35(45)25-12-14-26(15-13-25)51-33-32(44)28-17-16-27(20-30(28)53-34(33)38(39,40)41)52-36(46)29(42-37(47)50-22-24-10-6-3-7-11-24)18-19-31(43)49-21-23-8-4-2-5-9-23/h2-17,20,29H,18-19,21-22H2,1H3,(H,42,47)/t29-/m0/s1. The van der Waals surface area contributed by atoms with Gasteiger partial charge in [0.2, 0.25) is 11.2 Å². The Morgan fingerprint density at radius 3 is 2.00 bits per heavy atom. The summed E-state index contributed by atoms with van der Waals surface area (Å²) in [7, 11) is 1.15. The van der Waals surface area contributed by atoms with Gasteiger partial charge in [-0.25, -0.2) is 14.4 Å². The van der Waals surface area contributed by atoms with Gasteiger partial charge in [-0.05, 0) is 53.9 Å². The first-order valence-electron chi connectivity index (χ1n) is 15.8. The number of halogens is 3. The summed E-state index contributed by atoms with van der Waals surface area (Å²) in [4.78, 5) is 63.5. The highest BCUT2D eigenvalue weighted by Crippen LogP contribution is 2.38. The minimum atomic E-state index is -5.20. The normalized spacial score (nSPS) is 11.6. The molecule has 274 valence electrons. The van der Waals surface area contributed by atoms with Gasteiger partial charge >= 0.3 is 30.2 Å². The quantitative estimate of drug-likeness (QED) is 0.0747. The third kappa shape index (κ3) is 10.2. The van der Waals surface area contributed by atoms with Crippen LogP contribution in [-0.2, 0) is 43.2 Å². The molecule has 1 N–H and O–H groups in total. The lowest BCUT2D eigenvalue weighted by Gasteiger charge is -2.18. The number of methoxy groups -OCH3 is 1. The van der Waals surface area contributed by atoms with Gasteiger partial charge in [0.25, 0.3) is 5.76 Å². The van der Waals surface area contributed by atoms with Gasteiger partial charge in [0.15, 0.2) is 0 Å². The molecule has 1 atom stereocenters. The van der Waals surface area contributed by atoms with Gasteiger partial charge in [0.1, 0.15) is 36.3 Å². The van der Waals surface area contributed by atoms with Gasteiger partial charge in [-0.3, -0.25) is 9.59 Å². The van der Waals surface area contributed by atoms with Crippen molar-refractivity contribution in [3.8, 4) is 17.2 Å². The first kappa shape index (κ1) is 37.6. The number of rotatable bonds is 13. The van der Waals surface area contributed by atoms with E-state index >= 15 is 0 Å². The Hall–Kier alpha value is -6.64. The van der Waals surface area contributed by atoms with Crippen LogP contribution in [0.4, 0.5) is 18.0 Å². The number of benzene rings is 4. The van der Waals surface area contributed by atoms with Gasteiger partial charge in [0, 0.05) is 12.5 Å². The van der Waals surface area contributed by atoms with E-state index in [1.165, 1.54) is 24.3 Å². The van der Waals surface area contributed by atoms with Crippen LogP contribution < -0.4 is 20.2 Å². The summed E-state index contributed by atoms with van der Waals surface area (Å²) in [6.07, 6.45) is -6.85. The Balaban J connectivity index is 1.34. The molecular formula is C38H30F3NO11. The van der Waals surface area contributed by atoms with E-state index in [-0.39, 0.29) is 48.5 Å². The molecule has 0 aliphatic rings. The molecule has 15 heteroatoms. The van der Waals surface area contributed by atoms with E-state index in [4.69, 9.17) is 23.4 Å². The predicted octanol–water partition coefficient (Wildman–Crippen LogP) is 7.11. The minimum absolute atomic E-state index is 0.0298. The van der Waals surface area contributed by atoms with Crippen molar-refractivity contribution in [2.24, 2.45) is 0 Å². The lowest BCUT2D eigenvalue weighted by molar-refractivity contribution is -0.154. The summed E-state index contributed by atoms with van der Waals surface area (Å²) >= 11 is 0. The maximum Gasteiger partial charge on any atom is 0.453 e. The van der Waals surface area contributed by atoms with Crippen molar-refractivity contribution in [3.63, 3.8) is 0 Å². The Morgan fingerprint density at radius 2 is 1.40 bits per heavy atom. The van der Waals surface area contributed by atoms with E-state index < -0.39 is 58.7 Å². The Kier molecular flexibility index (Phi) is 12.1. The second-order valence-corrected chi connectivity index (χ2v) is 11.2. The van der Waals surface area contributed by atoms with E-state index in [1.807, 2.05) is 0 Å². The van der Waals surface area contributed by atoms with Crippen LogP contribution in [0.5, 0.6) is 17.2 Å². The van der Waals surface area contributed by atoms with Gasteiger partial charge in [-0.15, -0.1) is 0 Å². The summed E-state index contributed by atoms with van der Waals surface area (Å²) in [5, 5.41) is 2.00. The second kappa shape index (κ2) is 17.0. The Morgan fingerprint density at radius 1 is 0.792 bits per heavy atom. The number of ether oxygens (including phenoxy) is 5. The van der Waals surface area contributed by atoms with Crippen LogP contribution in [-0.4, -0.2) is 37.2 Å². The highest BCUT2D eigenvalue weighted by atomic mass is 19.4. The molecule has 0 bridgehead atoms. The number of alkyl halides is 3. The molecular weight excluding hydrogens is 703 g/mol. The van der Waals surface area contributed by atoms with Crippen LogP contribution in [0.1, 0.15) is 40.1 Å². The highest BCUT2D eigenvalue weighted by molar-refractivity contribution is 5.89. The van der Waals surface area contributed by atoms with E-state index in [2.05, 4.69) is 10.1 Å². The van der Waals surface area contributed by atoms with Crippen LogP contribution in [0, 0.1) is 0 Å². The number of hydrogen-bond donors (Lipinski definition) is 1. The molecule has 0 aliphatic carbocycles. The molecule has 1 heterocycles. The molecule has 1 amide bonds. The van der Waals surface area contributed by atoms with Gasteiger partial charge in [-0.1, -0.05) is 60.7 Å². The first-order valence-corrected chi connectivity index (χ1v) is 15.8. The second-order valence-electron chi connectivity index (χ2n) is 11.2. The van der Waals surface area contributed by atoms with E-state index in [0.29, 0.717) is 5.56 Å². The number of nitrogens with one attached hydrogen (secondary N) is 1.